The first-order chi connectivity index (χ1) is 13.3. The minimum atomic E-state index is -3.29. The molecule has 1 aliphatic carbocycles. The predicted molar refractivity (Wildman–Crippen MR) is 109 cm³/mol. The molecule has 1 saturated carbocycles. The van der Waals surface area contributed by atoms with Crippen LogP contribution in [0.1, 0.15) is 28.8 Å². The average Bonchev–Trinajstić information content (AvgIpc) is 3.46. The van der Waals surface area contributed by atoms with Crippen LogP contribution in [-0.2, 0) is 23.6 Å². The lowest BCUT2D eigenvalue weighted by Crippen LogP contribution is -2.26. The van der Waals surface area contributed by atoms with Gasteiger partial charge in [-0.2, -0.15) is 5.10 Å². The third-order valence-corrected chi connectivity index (χ3v) is 6.98. The second-order valence-electron chi connectivity index (χ2n) is 6.84. The lowest BCUT2D eigenvalue weighted by molar-refractivity contribution is 0.102. The molecule has 0 atom stereocenters. The van der Waals surface area contributed by atoms with E-state index in [-0.39, 0.29) is 23.3 Å². The number of rotatable bonds is 6. The number of fused-ring (bicyclic) bond motifs is 1. The standard InChI is InChI=1S/C19H19ClN4O3S/c1-24-18-4-2-3-17(15(18)11-21-24)23-19(25)14-9-12(5-8-16(14)20)10-22-28(26,27)13-6-7-13/h2-5,8-9,11,13,22H,6-7,10H2,1H3,(H,23,25). The van der Waals surface area contributed by atoms with Crippen LogP contribution in [0, 0.1) is 0 Å². The quantitative estimate of drug-likeness (QED) is 0.643. The summed E-state index contributed by atoms with van der Waals surface area (Å²) < 4.78 is 28.3. The van der Waals surface area contributed by atoms with Crippen LogP contribution in [0.5, 0.6) is 0 Å². The van der Waals surface area contributed by atoms with Gasteiger partial charge in [0.25, 0.3) is 5.91 Å². The van der Waals surface area contributed by atoms with Gasteiger partial charge in [0, 0.05) is 19.0 Å². The molecule has 146 valence electrons. The molecule has 0 unspecified atom stereocenters. The number of benzene rings is 2. The number of carbonyl (C=O) groups is 1. The molecular weight excluding hydrogens is 400 g/mol. The maximum absolute atomic E-state index is 12.8. The van der Waals surface area contributed by atoms with Crippen LogP contribution in [0.2, 0.25) is 5.02 Å². The van der Waals surface area contributed by atoms with Crippen molar-refractivity contribution in [1.82, 2.24) is 14.5 Å². The Balaban J connectivity index is 1.55. The summed E-state index contributed by atoms with van der Waals surface area (Å²) in [5.41, 5.74) is 2.47. The van der Waals surface area contributed by atoms with Crippen LogP contribution >= 0.6 is 11.6 Å². The molecule has 2 aromatic carbocycles. The van der Waals surface area contributed by atoms with E-state index in [1.54, 1.807) is 35.1 Å². The van der Waals surface area contributed by atoms with Crippen molar-refractivity contribution in [2.45, 2.75) is 24.6 Å². The van der Waals surface area contributed by atoms with E-state index in [1.165, 1.54) is 0 Å². The van der Waals surface area contributed by atoms with E-state index in [9.17, 15) is 13.2 Å². The first kappa shape index (κ1) is 18.9. The fourth-order valence-electron chi connectivity index (χ4n) is 3.01. The minimum Gasteiger partial charge on any atom is -0.321 e. The Labute approximate surface area is 167 Å². The third-order valence-electron chi connectivity index (χ3n) is 4.76. The Morgan fingerprint density at radius 3 is 2.82 bits per heavy atom. The second kappa shape index (κ2) is 7.20. The molecule has 4 rings (SSSR count). The number of hydrogen-bond acceptors (Lipinski definition) is 4. The number of aryl methyl sites for hydroxylation is 1. The van der Waals surface area contributed by atoms with E-state index in [4.69, 9.17) is 11.6 Å². The Hall–Kier alpha value is -2.42. The van der Waals surface area contributed by atoms with E-state index in [1.807, 2.05) is 19.2 Å². The highest BCUT2D eigenvalue weighted by Gasteiger charge is 2.35. The molecule has 7 nitrogen and oxygen atoms in total. The molecule has 2 N–H and O–H groups in total. The van der Waals surface area contributed by atoms with Crippen LogP contribution in [0.3, 0.4) is 0 Å². The summed E-state index contributed by atoms with van der Waals surface area (Å²) >= 11 is 6.21. The number of carbonyl (C=O) groups excluding carboxylic acids is 1. The van der Waals surface area contributed by atoms with Crippen LogP contribution in [0.4, 0.5) is 5.69 Å². The van der Waals surface area contributed by atoms with Crippen molar-refractivity contribution >= 4 is 44.1 Å². The fourth-order valence-corrected chi connectivity index (χ4v) is 4.58. The van der Waals surface area contributed by atoms with Crippen LogP contribution in [-0.4, -0.2) is 29.4 Å². The lowest BCUT2D eigenvalue weighted by atomic mass is 10.1. The first-order valence-electron chi connectivity index (χ1n) is 8.84. The largest absolute Gasteiger partial charge is 0.321 e. The van der Waals surface area contributed by atoms with Crippen LogP contribution in [0.25, 0.3) is 10.9 Å². The Morgan fingerprint density at radius 2 is 2.07 bits per heavy atom. The van der Waals surface area contributed by atoms with E-state index in [0.717, 1.165) is 10.9 Å². The Kier molecular flexibility index (Phi) is 4.86. The summed E-state index contributed by atoms with van der Waals surface area (Å²) in [5, 5.41) is 7.91. The third kappa shape index (κ3) is 3.76. The molecule has 9 heteroatoms. The van der Waals surface area contributed by atoms with Gasteiger partial charge in [-0.1, -0.05) is 23.7 Å². The zero-order chi connectivity index (χ0) is 19.9. The highest BCUT2D eigenvalue weighted by atomic mass is 35.5. The van der Waals surface area contributed by atoms with E-state index in [0.29, 0.717) is 29.1 Å². The van der Waals surface area contributed by atoms with Crippen molar-refractivity contribution in [3.05, 3.63) is 58.7 Å². The second-order valence-corrected chi connectivity index (χ2v) is 9.29. The average molecular weight is 419 g/mol. The normalized spacial score (nSPS) is 14.4. The molecule has 1 aliphatic rings. The SMILES string of the molecule is Cn1ncc2c(NC(=O)c3cc(CNS(=O)(=O)C4CC4)ccc3Cl)cccc21. The summed E-state index contributed by atoms with van der Waals surface area (Å²) in [6.07, 6.45) is 3.09. The van der Waals surface area contributed by atoms with Crippen molar-refractivity contribution in [2.24, 2.45) is 7.05 Å². The van der Waals surface area contributed by atoms with E-state index in [2.05, 4.69) is 15.1 Å². The van der Waals surface area contributed by atoms with Crippen molar-refractivity contribution < 1.29 is 13.2 Å². The topological polar surface area (TPSA) is 93.1 Å². The monoisotopic (exact) mass is 418 g/mol. The molecule has 1 amide bonds. The zero-order valence-electron chi connectivity index (χ0n) is 15.1. The number of aromatic nitrogens is 2. The first-order valence-corrected chi connectivity index (χ1v) is 10.8. The number of nitrogens with zero attached hydrogens (tertiary/aromatic N) is 2. The van der Waals surface area contributed by atoms with Gasteiger partial charge in [-0.05, 0) is 42.7 Å². The van der Waals surface area contributed by atoms with Gasteiger partial charge in [-0.25, -0.2) is 13.1 Å². The van der Waals surface area contributed by atoms with E-state index < -0.39 is 10.0 Å². The number of hydrogen-bond donors (Lipinski definition) is 2. The maximum atomic E-state index is 12.8. The van der Waals surface area contributed by atoms with Crippen LogP contribution in [0.15, 0.2) is 42.6 Å². The van der Waals surface area contributed by atoms with Crippen LogP contribution < -0.4 is 10.0 Å². The van der Waals surface area contributed by atoms with Gasteiger partial charge >= 0.3 is 0 Å². The molecule has 1 aromatic heterocycles. The fraction of sp³-hybridized carbons (Fsp3) is 0.263. The van der Waals surface area contributed by atoms with Crippen molar-refractivity contribution in [1.29, 1.82) is 0 Å². The van der Waals surface area contributed by atoms with Gasteiger partial charge in [-0.3, -0.25) is 9.48 Å². The molecule has 28 heavy (non-hydrogen) atoms. The number of amides is 1. The van der Waals surface area contributed by atoms with Crippen molar-refractivity contribution in [3.8, 4) is 0 Å². The molecule has 0 saturated heterocycles. The number of sulfonamides is 1. The van der Waals surface area contributed by atoms with Crippen molar-refractivity contribution in [2.75, 3.05) is 5.32 Å². The Morgan fingerprint density at radius 1 is 1.29 bits per heavy atom. The smallest absolute Gasteiger partial charge is 0.257 e. The molecule has 3 aromatic rings. The van der Waals surface area contributed by atoms with Gasteiger partial charge in [0.1, 0.15) is 0 Å². The Bertz CT molecular complexity index is 1170. The number of nitrogens with one attached hydrogen (secondary N) is 2. The van der Waals surface area contributed by atoms with Gasteiger partial charge in [0.05, 0.1) is 33.2 Å². The van der Waals surface area contributed by atoms with Gasteiger partial charge < -0.3 is 5.32 Å². The summed E-state index contributed by atoms with van der Waals surface area (Å²) in [4.78, 5) is 12.8. The highest BCUT2D eigenvalue weighted by molar-refractivity contribution is 7.90. The summed E-state index contributed by atoms with van der Waals surface area (Å²) in [5.74, 6) is -0.367. The highest BCUT2D eigenvalue weighted by Crippen LogP contribution is 2.28. The molecule has 1 fully saturated rings. The predicted octanol–water partition coefficient (Wildman–Crippen LogP) is 3.06. The minimum absolute atomic E-state index is 0.120. The molecule has 1 heterocycles. The lowest BCUT2D eigenvalue weighted by Gasteiger charge is -2.11. The zero-order valence-corrected chi connectivity index (χ0v) is 16.7. The maximum Gasteiger partial charge on any atom is 0.257 e. The molecule has 0 spiro atoms. The molecule has 0 bridgehead atoms. The number of halogens is 1. The van der Waals surface area contributed by atoms with Gasteiger partial charge in [0.15, 0.2) is 0 Å². The summed E-state index contributed by atoms with van der Waals surface area (Å²) in [6.45, 7) is 0.120. The van der Waals surface area contributed by atoms with Crippen molar-refractivity contribution in [3.63, 3.8) is 0 Å². The molecular formula is C19H19ClN4O3S. The van der Waals surface area contributed by atoms with Gasteiger partial charge in [0.2, 0.25) is 10.0 Å². The van der Waals surface area contributed by atoms with Gasteiger partial charge in [-0.15, -0.1) is 0 Å². The summed E-state index contributed by atoms with van der Waals surface area (Å²) in [7, 11) is -1.46. The summed E-state index contributed by atoms with van der Waals surface area (Å²) in [6, 6.07) is 10.5. The number of anilines is 1. The van der Waals surface area contributed by atoms with E-state index >= 15 is 0 Å². The molecule has 0 radical (unpaired) electrons. The molecule has 0 aliphatic heterocycles.